The third-order valence-electron chi connectivity index (χ3n) is 3.16. The Balaban J connectivity index is 1.90. The molecule has 2 rings (SSSR count). The first-order valence-corrected chi connectivity index (χ1v) is 5.15. The van der Waals surface area contributed by atoms with Crippen LogP contribution in [0.4, 0.5) is 0 Å². The lowest BCUT2D eigenvalue weighted by atomic mass is 9.78. The van der Waals surface area contributed by atoms with Crippen molar-refractivity contribution in [2.45, 2.75) is 38.5 Å². The first-order valence-electron chi connectivity index (χ1n) is 5.15. The van der Waals surface area contributed by atoms with Gasteiger partial charge in [0.2, 0.25) is 0 Å². The summed E-state index contributed by atoms with van der Waals surface area (Å²) < 4.78 is 0. The standard InChI is InChI=1S/C11H17N/c1-2-4-10(5-3-1)11-6-8-12-9-7-11/h6,8-11H,1-5,7H2. The maximum Gasteiger partial charge on any atom is 0.0226 e. The van der Waals surface area contributed by atoms with E-state index in [2.05, 4.69) is 17.3 Å². The summed E-state index contributed by atoms with van der Waals surface area (Å²) in [4.78, 5) is 4.12. The molecule has 0 aromatic carbocycles. The van der Waals surface area contributed by atoms with Crippen LogP contribution in [0, 0.1) is 11.8 Å². The quantitative estimate of drug-likeness (QED) is 0.563. The van der Waals surface area contributed by atoms with Crippen molar-refractivity contribution in [1.82, 2.24) is 0 Å². The Kier molecular flexibility index (Phi) is 2.60. The number of hydrogen-bond donors (Lipinski definition) is 0. The molecule has 0 amide bonds. The molecule has 0 aromatic rings. The van der Waals surface area contributed by atoms with Crippen molar-refractivity contribution in [3.63, 3.8) is 0 Å². The molecule has 0 saturated heterocycles. The molecule has 2 aliphatic rings. The fraction of sp³-hybridized carbons (Fsp3) is 0.727. The van der Waals surface area contributed by atoms with Crippen LogP contribution in [0.3, 0.4) is 0 Å². The molecule has 1 fully saturated rings. The monoisotopic (exact) mass is 163 g/mol. The highest BCUT2D eigenvalue weighted by Crippen LogP contribution is 2.32. The minimum absolute atomic E-state index is 0.808. The maximum absolute atomic E-state index is 4.12. The van der Waals surface area contributed by atoms with Crippen LogP contribution in [0.15, 0.2) is 17.3 Å². The lowest BCUT2D eigenvalue weighted by Crippen LogP contribution is -2.17. The summed E-state index contributed by atoms with van der Waals surface area (Å²) in [6, 6.07) is 0. The zero-order valence-electron chi connectivity index (χ0n) is 7.58. The molecule has 66 valence electrons. The van der Waals surface area contributed by atoms with Crippen molar-refractivity contribution < 1.29 is 0 Å². The molecule has 0 aromatic heterocycles. The van der Waals surface area contributed by atoms with E-state index in [0.717, 1.165) is 11.8 Å². The highest BCUT2D eigenvalue weighted by molar-refractivity contribution is 5.60. The fourth-order valence-electron chi connectivity index (χ4n) is 2.39. The topological polar surface area (TPSA) is 12.4 Å². The molecule has 1 saturated carbocycles. The smallest absolute Gasteiger partial charge is 0.0226 e. The number of rotatable bonds is 1. The van der Waals surface area contributed by atoms with Gasteiger partial charge in [-0.1, -0.05) is 25.3 Å². The summed E-state index contributed by atoms with van der Waals surface area (Å²) in [6.45, 7) is 0. The average molecular weight is 163 g/mol. The van der Waals surface area contributed by atoms with Crippen LogP contribution in [0.5, 0.6) is 0 Å². The van der Waals surface area contributed by atoms with E-state index in [1.54, 1.807) is 0 Å². The van der Waals surface area contributed by atoms with E-state index in [1.807, 2.05) is 6.20 Å². The second kappa shape index (κ2) is 3.88. The van der Waals surface area contributed by atoms with Crippen LogP contribution < -0.4 is 0 Å². The second-order valence-electron chi connectivity index (χ2n) is 3.97. The van der Waals surface area contributed by atoms with Crippen LogP contribution in [-0.2, 0) is 0 Å². The molecular formula is C11H17N. The van der Waals surface area contributed by atoms with Gasteiger partial charge in [-0.05, 0) is 31.1 Å². The summed E-state index contributed by atoms with van der Waals surface area (Å²) in [7, 11) is 0. The molecule has 1 nitrogen and oxygen atoms in total. The first-order chi connectivity index (χ1) is 5.97. The zero-order chi connectivity index (χ0) is 8.23. The minimum atomic E-state index is 0.808. The molecule has 0 radical (unpaired) electrons. The SMILES string of the molecule is C1=CC(C2CCCCC2)CC=N1. The van der Waals surface area contributed by atoms with Gasteiger partial charge in [-0.15, -0.1) is 0 Å². The average Bonchev–Trinajstić information content (AvgIpc) is 2.21. The summed E-state index contributed by atoms with van der Waals surface area (Å²) in [5.74, 6) is 1.77. The third kappa shape index (κ3) is 1.77. The van der Waals surface area contributed by atoms with Crippen molar-refractivity contribution in [2.24, 2.45) is 16.8 Å². The van der Waals surface area contributed by atoms with E-state index in [9.17, 15) is 0 Å². The molecule has 1 heterocycles. The molecule has 12 heavy (non-hydrogen) atoms. The molecule has 1 aliphatic heterocycles. The fourth-order valence-corrected chi connectivity index (χ4v) is 2.39. The molecule has 1 aliphatic carbocycles. The van der Waals surface area contributed by atoms with Gasteiger partial charge in [0.25, 0.3) is 0 Å². The van der Waals surface area contributed by atoms with Gasteiger partial charge >= 0.3 is 0 Å². The van der Waals surface area contributed by atoms with E-state index in [-0.39, 0.29) is 0 Å². The third-order valence-corrected chi connectivity index (χ3v) is 3.16. The van der Waals surface area contributed by atoms with E-state index >= 15 is 0 Å². The zero-order valence-corrected chi connectivity index (χ0v) is 7.58. The Morgan fingerprint density at radius 3 is 2.58 bits per heavy atom. The Labute approximate surface area is 74.6 Å². The number of nitrogens with zero attached hydrogens (tertiary/aromatic N) is 1. The summed E-state index contributed by atoms with van der Waals surface area (Å²) >= 11 is 0. The van der Waals surface area contributed by atoms with Crippen molar-refractivity contribution in [1.29, 1.82) is 0 Å². The molecular weight excluding hydrogens is 146 g/mol. The minimum Gasteiger partial charge on any atom is -0.269 e. The summed E-state index contributed by atoms with van der Waals surface area (Å²) in [5, 5.41) is 0. The predicted molar refractivity (Wildman–Crippen MR) is 52.3 cm³/mol. The largest absolute Gasteiger partial charge is 0.269 e. The lowest BCUT2D eigenvalue weighted by Gasteiger charge is -2.28. The Morgan fingerprint density at radius 1 is 1.08 bits per heavy atom. The molecule has 1 heteroatoms. The molecule has 1 atom stereocenters. The summed E-state index contributed by atoms with van der Waals surface area (Å²) in [5.41, 5.74) is 0. The van der Waals surface area contributed by atoms with Crippen LogP contribution in [-0.4, -0.2) is 6.21 Å². The van der Waals surface area contributed by atoms with Crippen molar-refractivity contribution in [3.05, 3.63) is 12.3 Å². The van der Waals surface area contributed by atoms with Gasteiger partial charge in [0, 0.05) is 12.4 Å². The van der Waals surface area contributed by atoms with Crippen molar-refractivity contribution in [2.75, 3.05) is 0 Å². The second-order valence-corrected chi connectivity index (χ2v) is 3.97. The van der Waals surface area contributed by atoms with Crippen LogP contribution in [0.1, 0.15) is 38.5 Å². The highest BCUT2D eigenvalue weighted by Gasteiger charge is 2.21. The highest BCUT2D eigenvalue weighted by atomic mass is 14.7. The molecule has 0 bridgehead atoms. The van der Waals surface area contributed by atoms with Gasteiger partial charge < -0.3 is 0 Å². The van der Waals surface area contributed by atoms with Crippen LogP contribution in [0.25, 0.3) is 0 Å². The van der Waals surface area contributed by atoms with Crippen molar-refractivity contribution >= 4 is 6.21 Å². The van der Waals surface area contributed by atoms with Gasteiger partial charge in [-0.25, -0.2) is 0 Å². The maximum atomic E-state index is 4.12. The lowest BCUT2D eigenvalue weighted by molar-refractivity contribution is 0.290. The number of allylic oxidation sites excluding steroid dienone is 1. The Bertz CT molecular complexity index is 187. The molecule has 1 unspecified atom stereocenters. The number of hydrogen-bond acceptors (Lipinski definition) is 1. The van der Waals surface area contributed by atoms with Gasteiger partial charge in [0.1, 0.15) is 0 Å². The predicted octanol–water partition coefficient (Wildman–Crippen LogP) is 3.17. The van der Waals surface area contributed by atoms with Crippen LogP contribution in [0.2, 0.25) is 0 Å². The Hall–Kier alpha value is -0.590. The number of aliphatic imine (C=N–C) groups is 1. The van der Waals surface area contributed by atoms with Gasteiger partial charge in [-0.2, -0.15) is 0 Å². The van der Waals surface area contributed by atoms with E-state index in [0.29, 0.717) is 0 Å². The van der Waals surface area contributed by atoms with Crippen molar-refractivity contribution in [3.8, 4) is 0 Å². The molecule has 0 spiro atoms. The van der Waals surface area contributed by atoms with Gasteiger partial charge in [0.05, 0.1) is 0 Å². The Morgan fingerprint density at radius 2 is 1.92 bits per heavy atom. The van der Waals surface area contributed by atoms with E-state index in [1.165, 1.54) is 38.5 Å². The van der Waals surface area contributed by atoms with E-state index < -0.39 is 0 Å². The van der Waals surface area contributed by atoms with Gasteiger partial charge in [-0.3, -0.25) is 4.99 Å². The van der Waals surface area contributed by atoms with E-state index in [4.69, 9.17) is 0 Å². The summed E-state index contributed by atoms with van der Waals surface area (Å²) in [6.07, 6.45) is 14.8. The van der Waals surface area contributed by atoms with Gasteiger partial charge in [0.15, 0.2) is 0 Å². The molecule has 0 N–H and O–H groups in total. The first kappa shape index (κ1) is 8.03. The normalized spacial score (nSPS) is 30.8. The van der Waals surface area contributed by atoms with Crippen LogP contribution >= 0.6 is 0 Å².